The summed E-state index contributed by atoms with van der Waals surface area (Å²) in [6, 6.07) is 18.9. The number of benzene rings is 2. The Labute approximate surface area is 155 Å². The quantitative estimate of drug-likeness (QED) is 0.822. The number of hydrogen-bond acceptors (Lipinski definition) is 3. The molecule has 1 heterocycles. The van der Waals surface area contributed by atoms with E-state index in [1.165, 1.54) is 11.1 Å². The van der Waals surface area contributed by atoms with Gasteiger partial charge in [0.2, 0.25) is 0 Å². The van der Waals surface area contributed by atoms with Crippen molar-refractivity contribution < 1.29 is 5.11 Å². The zero-order valence-electron chi connectivity index (χ0n) is 14.6. The van der Waals surface area contributed by atoms with Crippen LogP contribution in [0.5, 0.6) is 0 Å². The lowest BCUT2D eigenvalue weighted by molar-refractivity contribution is -0.00106. The fourth-order valence-electron chi connectivity index (χ4n) is 3.45. The molecule has 2 aromatic carbocycles. The fourth-order valence-corrected chi connectivity index (χ4v) is 3.57. The predicted molar refractivity (Wildman–Crippen MR) is 104 cm³/mol. The van der Waals surface area contributed by atoms with Crippen molar-refractivity contribution in [2.75, 3.05) is 26.2 Å². The minimum atomic E-state index is -0.488. The summed E-state index contributed by atoms with van der Waals surface area (Å²) in [6.45, 7) is 5.46. The summed E-state index contributed by atoms with van der Waals surface area (Å²) in [5, 5.41) is 10.9. The topological polar surface area (TPSA) is 26.7 Å². The molecule has 3 nitrogen and oxygen atoms in total. The summed E-state index contributed by atoms with van der Waals surface area (Å²) < 4.78 is 0. The van der Waals surface area contributed by atoms with Crippen molar-refractivity contribution in [2.45, 2.75) is 19.2 Å². The Hall–Kier alpha value is -1.65. The second kappa shape index (κ2) is 8.63. The Morgan fingerprint density at radius 1 is 0.880 bits per heavy atom. The van der Waals surface area contributed by atoms with Gasteiger partial charge in [0.1, 0.15) is 6.23 Å². The molecule has 25 heavy (non-hydrogen) atoms. The number of halogens is 1. The molecule has 0 spiro atoms. The van der Waals surface area contributed by atoms with Crippen LogP contribution in [-0.4, -0.2) is 47.3 Å². The maximum absolute atomic E-state index is 10.2. The van der Waals surface area contributed by atoms with Gasteiger partial charge >= 0.3 is 0 Å². The van der Waals surface area contributed by atoms with Crippen molar-refractivity contribution in [1.82, 2.24) is 9.80 Å². The van der Waals surface area contributed by atoms with Gasteiger partial charge in [-0.3, -0.25) is 9.80 Å². The Morgan fingerprint density at radius 3 is 2.04 bits per heavy atom. The first-order chi connectivity index (χ1) is 12.2. The van der Waals surface area contributed by atoms with Gasteiger partial charge in [0, 0.05) is 31.2 Å². The molecule has 132 valence electrons. The standard InChI is InChI=1S/C21H25ClN2O/c1-2-6-20(25)23-13-15-24(16-14-23)21(17-7-4-3-5-8-17)18-9-11-19(22)12-10-18/h2-12,20-21,25H,13-16H2,1H3/b6-2+. The van der Waals surface area contributed by atoms with Crippen LogP contribution in [-0.2, 0) is 0 Å². The highest BCUT2D eigenvalue weighted by Gasteiger charge is 2.27. The van der Waals surface area contributed by atoms with Crippen LogP contribution < -0.4 is 0 Å². The summed E-state index contributed by atoms with van der Waals surface area (Å²) in [6.07, 6.45) is 3.25. The van der Waals surface area contributed by atoms with Gasteiger partial charge in [0.15, 0.2) is 0 Å². The van der Waals surface area contributed by atoms with E-state index in [0.717, 1.165) is 31.2 Å². The Kier molecular flexibility index (Phi) is 6.27. The number of allylic oxidation sites excluding steroid dienone is 1. The van der Waals surface area contributed by atoms with E-state index in [0.29, 0.717) is 0 Å². The van der Waals surface area contributed by atoms with Crippen LogP contribution in [0, 0.1) is 0 Å². The molecule has 1 aliphatic heterocycles. The maximum Gasteiger partial charge on any atom is 0.126 e. The number of aliphatic hydroxyl groups is 1. The van der Waals surface area contributed by atoms with Gasteiger partial charge in [-0.05, 0) is 36.3 Å². The highest BCUT2D eigenvalue weighted by Crippen LogP contribution is 2.30. The number of rotatable bonds is 5. The minimum absolute atomic E-state index is 0.208. The fraction of sp³-hybridized carbons (Fsp3) is 0.333. The van der Waals surface area contributed by atoms with Gasteiger partial charge in [-0.2, -0.15) is 0 Å². The van der Waals surface area contributed by atoms with E-state index < -0.39 is 6.23 Å². The zero-order valence-corrected chi connectivity index (χ0v) is 15.3. The summed E-state index contributed by atoms with van der Waals surface area (Å²) in [4.78, 5) is 4.60. The van der Waals surface area contributed by atoms with E-state index in [9.17, 15) is 5.11 Å². The third-order valence-corrected chi connectivity index (χ3v) is 5.01. The lowest BCUT2D eigenvalue weighted by Crippen LogP contribution is -2.50. The lowest BCUT2D eigenvalue weighted by atomic mass is 9.96. The van der Waals surface area contributed by atoms with Gasteiger partial charge < -0.3 is 5.11 Å². The van der Waals surface area contributed by atoms with Crippen LogP contribution >= 0.6 is 11.6 Å². The van der Waals surface area contributed by atoms with Gasteiger partial charge in [0.05, 0.1) is 6.04 Å². The number of nitrogens with zero attached hydrogens (tertiary/aromatic N) is 2. The molecule has 3 rings (SSSR count). The Balaban J connectivity index is 1.80. The maximum atomic E-state index is 10.2. The number of hydrogen-bond donors (Lipinski definition) is 1. The summed E-state index contributed by atoms with van der Waals surface area (Å²) in [5.74, 6) is 0. The highest BCUT2D eigenvalue weighted by molar-refractivity contribution is 6.30. The average molecular weight is 357 g/mol. The summed E-state index contributed by atoms with van der Waals surface area (Å²) >= 11 is 6.08. The second-order valence-corrected chi connectivity index (χ2v) is 6.81. The van der Waals surface area contributed by atoms with Gasteiger partial charge in [0.25, 0.3) is 0 Å². The van der Waals surface area contributed by atoms with E-state index in [1.54, 1.807) is 0 Å². The van der Waals surface area contributed by atoms with Crippen molar-refractivity contribution in [1.29, 1.82) is 0 Å². The van der Waals surface area contributed by atoms with Crippen molar-refractivity contribution in [3.63, 3.8) is 0 Å². The monoisotopic (exact) mass is 356 g/mol. The number of piperazine rings is 1. The molecule has 1 fully saturated rings. The van der Waals surface area contributed by atoms with Crippen LogP contribution in [0.15, 0.2) is 66.7 Å². The lowest BCUT2D eigenvalue weighted by Gasteiger charge is -2.40. The normalized spacial score (nSPS) is 19.2. The third kappa shape index (κ3) is 4.50. The van der Waals surface area contributed by atoms with E-state index in [1.807, 2.05) is 37.3 Å². The molecule has 4 heteroatoms. The molecule has 0 amide bonds. The van der Waals surface area contributed by atoms with Crippen molar-refractivity contribution >= 4 is 11.6 Å². The van der Waals surface area contributed by atoms with Crippen LogP contribution in [0.2, 0.25) is 5.02 Å². The van der Waals surface area contributed by atoms with Crippen molar-refractivity contribution in [3.8, 4) is 0 Å². The van der Waals surface area contributed by atoms with Crippen LogP contribution in [0.4, 0.5) is 0 Å². The molecule has 0 aromatic heterocycles. The first kappa shape index (κ1) is 18.2. The zero-order chi connectivity index (χ0) is 17.6. The minimum Gasteiger partial charge on any atom is -0.375 e. The molecule has 1 N–H and O–H groups in total. The largest absolute Gasteiger partial charge is 0.375 e. The summed E-state index contributed by atoms with van der Waals surface area (Å²) in [7, 11) is 0. The molecular formula is C21H25ClN2O. The van der Waals surface area contributed by atoms with Crippen molar-refractivity contribution in [2.24, 2.45) is 0 Å². The molecule has 0 saturated carbocycles. The van der Waals surface area contributed by atoms with E-state index >= 15 is 0 Å². The molecule has 2 aromatic rings. The molecule has 1 saturated heterocycles. The first-order valence-electron chi connectivity index (χ1n) is 8.78. The third-order valence-electron chi connectivity index (χ3n) is 4.75. The highest BCUT2D eigenvalue weighted by atomic mass is 35.5. The molecule has 0 bridgehead atoms. The van der Waals surface area contributed by atoms with E-state index in [2.05, 4.69) is 46.2 Å². The Morgan fingerprint density at radius 2 is 1.44 bits per heavy atom. The SMILES string of the molecule is C/C=C/C(O)N1CCN(C(c2ccccc2)c2ccc(Cl)cc2)CC1. The van der Waals surface area contributed by atoms with Gasteiger partial charge in [-0.15, -0.1) is 0 Å². The van der Waals surface area contributed by atoms with Gasteiger partial charge in [-0.25, -0.2) is 0 Å². The summed E-state index contributed by atoms with van der Waals surface area (Å²) in [5.41, 5.74) is 2.53. The predicted octanol–water partition coefficient (Wildman–Crippen LogP) is 3.94. The smallest absolute Gasteiger partial charge is 0.126 e. The van der Waals surface area contributed by atoms with Crippen LogP contribution in [0.25, 0.3) is 0 Å². The molecule has 2 atom stereocenters. The average Bonchev–Trinajstić information content (AvgIpc) is 2.65. The second-order valence-electron chi connectivity index (χ2n) is 6.38. The van der Waals surface area contributed by atoms with E-state index in [-0.39, 0.29) is 6.04 Å². The van der Waals surface area contributed by atoms with Crippen molar-refractivity contribution in [3.05, 3.63) is 82.9 Å². The molecule has 1 aliphatic rings. The molecule has 0 radical (unpaired) electrons. The van der Waals surface area contributed by atoms with E-state index in [4.69, 9.17) is 11.6 Å². The number of aliphatic hydroxyl groups excluding tert-OH is 1. The molecule has 2 unspecified atom stereocenters. The van der Waals surface area contributed by atoms with Crippen LogP contribution in [0.3, 0.4) is 0 Å². The van der Waals surface area contributed by atoms with Crippen LogP contribution in [0.1, 0.15) is 24.1 Å². The molecular weight excluding hydrogens is 332 g/mol. The first-order valence-corrected chi connectivity index (χ1v) is 9.16. The Bertz CT molecular complexity index is 679. The molecule has 0 aliphatic carbocycles. The van der Waals surface area contributed by atoms with Gasteiger partial charge in [-0.1, -0.05) is 60.1 Å².